The third-order valence-electron chi connectivity index (χ3n) is 4.08. The molecule has 0 aliphatic carbocycles. The van der Waals surface area contributed by atoms with Crippen molar-refractivity contribution in [2.45, 2.75) is 19.4 Å². The Morgan fingerprint density at radius 2 is 2.08 bits per heavy atom. The van der Waals surface area contributed by atoms with Crippen LogP contribution in [0.5, 0.6) is 0 Å². The quantitative estimate of drug-likeness (QED) is 0.835. The first-order valence-electron chi connectivity index (χ1n) is 8.14. The Hall–Kier alpha value is -2.18. The van der Waals surface area contributed by atoms with Crippen LogP contribution in [-0.4, -0.2) is 32.0 Å². The lowest BCUT2D eigenvalue weighted by molar-refractivity contribution is -0.885. The minimum absolute atomic E-state index is 0.00673. The molecular weight excluding hydrogens is 322 g/mol. The molecule has 2 amide bonds. The fourth-order valence-electron chi connectivity index (χ4n) is 2.93. The predicted molar refractivity (Wildman–Crippen MR) is 96.4 cm³/mol. The summed E-state index contributed by atoms with van der Waals surface area (Å²) in [7, 11) is 2.01. The topological polar surface area (TPSA) is 53.9 Å². The van der Waals surface area contributed by atoms with E-state index >= 15 is 0 Å². The van der Waals surface area contributed by atoms with E-state index in [4.69, 9.17) is 0 Å². The first kappa shape index (κ1) is 16.7. The molecule has 1 aliphatic rings. The number of nitrogens with zero attached hydrogens (tertiary/aromatic N) is 1. The Labute approximate surface area is 145 Å². The van der Waals surface area contributed by atoms with Crippen LogP contribution in [0.2, 0.25) is 0 Å². The highest BCUT2D eigenvalue weighted by Gasteiger charge is 2.21. The number of hydrogen-bond donors (Lipinski definition) is 2. The van der Waals surface area contributed by atoms with E-state index in [1.54, 1.807) is 16.2 Å². The lowest BCUT2D eigenvalue weighted by atomic mass is 10.2. The number of rotatable bonds is 6. The minimum Gasteiger partial charge on any atom is -0.326 e. The number of amides is 2. The van der Waals surface area contributed by atoms with Gasteiger partial charge < -0.3 is 15.1 Å². The molecule has 24 heavy (non-hydrogen) atoms. The van der Waals surface area contributed by atoms with Crippen molar-refractivity contribution in [2.75, 3.05) is 30.4 Å². The molecule has 126 valence electrons. The van der Waals surface area contributed by atoms with Gasteiger partial charge in [-0.05, 0) is 47.5 Å². The average molecular weight is 344 g/mol. The van der Waals surface area contributed by atoms with Crippen molar-refractivity contribution in [1.29, 1.82) is 0 Å². The fraction of sp³-hybridized carbons (Fsp3) is 0.333. The van der Waals surface area contributed by atoms with Gasteiger partial charge in [-0.1, -0.05) is 0 Å². The van der Waals surface area contributed by atoms with Crippen molar-refractivity contribution in [3.63, 3.8) is 0 Å². The highest BCUT2D eigenvalue weighted by molar-refractivity contribution is 7.07. The zero-order chi connectivity index (χ0) is 16.9. The molecular formula is C18H22N3O2S+. The molecule has 0 bridgehead atoms. The molecule has 1 fully saturated rings. The SMILES string of the molecule is C[NH+](CC(=O)Nc1ccc(N2CCCC2=O)cc1)Cc1ccsc1. The van der Waals surface area contributed by atoms with Crippen molar-refractivity contribution in [1.82, 2.24) is 0 Å². The molecule has 1 aromatic heterocycles. The molecule has 6 heteroatoms. The third kappa shape index (κ3) is 4.21. The van der Waals surface area contributed by atoms with Crippen LogP contribution in [0.25, 0.3) is 0 Å². The van der Waals surface area contributed by atoms with Gasteiger partial charge >= 0.3 is 0 Å². The van der Waals surface area contributed by atoms with Gasteiger partial charge in [-0.15, -0.1) is 0 Å². The van der Waals surface area contributed by atoms with Crippen LogP contribution < -0.4 is 15.1 Å². The second-order valence-electron chi connectivity index (χ2n) is 6.19. The largest absolute Gasteiger partial charge is 0.326 e. The van der Waals surface area contributed by atoms with Gasteiger partial charge in [0.25, 0.3) is 5.91 Å². The molecule has 3 rings (SSSR count). The first-order chi connectivity index (χ1) is 11.6. The summed E-state index contributed by atoms with van der Waals surface area (Å²) in [6.07, 6.45) is 1.54. The summed E-state index contributed by atoms with van der Waals surface area (Å²) in [4.78, 5) is 26.8. The molecule has 1 aliphatic heterocycles. The lowest BCUT2D eigenvalue weighted by Gasteiger charge is -2.16. The molecule has 1 aromatic carbocycles. The predicted octanol–water partition coefficient (Wildman–Crippen LogP) is 1.53. The molecule has 2 aromatic rings. The number of likely N-dealkylation sites (N-methyl/N-ethyl adjacent to an activating group) is 1. The summed E-state index contributed by atoms with van der Waals surface area (Å²) in [6, 6.07) is 9.58. The van der Waals surface area contributed by atoms with E-state index in [-0.39, 0.29) is 11.8 Å². The number of anilines is 2. The van der Waals surface area contributed by atoms with Crippen LogP contribution in [0.15, 0.2) is 41.1 Å². The number of quaternary nitrogens is 1. The van der Waals surface area contributed by atoms with Crippen molar-refractivity contribution in [3.05, 3.63) is 46.7 Å². The Morgan fingerprint density at radius 1 is 1.29 bits per heavy atom. The summed E-state index contributed by atoms with van der Waals surface area (Å²) in [5.74, 6) is 0.165. The Bertz CT molecular complexity index is 698. The van der Waals surface area contributed by atoms with Gasteiger partial charge in [0.05, 0.1) is 7.05 Å². The fourth-order valence-corrected chi connectivity index (χ4v) is 3.60. The summed E-state index contributed by atoms with van der Waals surface area (Å²) < 4.78 is 0. The van der Waals surface area contributed by atoms with Gasteiger partial charge in [0.2, 0.25) is 5.91 Å². The van der Waals surface area contributed by atoms with E-state index in [1.807, 2.05) is 31.3 Å². The average Bonchev–Trinajstić information content (AvgIpc) is 3.19. The van der Waals surface area contributed by atoms with Gasteiger partial charge in [-0.3, -0.25) is 9.59 Å². The maximum Gasteiger partial charge on any atom is 0.279 e. The zero-order valence-corrected chi connectivity index (χ0v) is 14.6. The maximum absolute atomic E-state index is 12.2. The Balaban J connectivity index is 1.51. The monoisotopic (exact) mass is 344 g/mol. The summed E-state index contributed by atoms with van der Waals surface area (Å²) in [6.45, 7) is 2.04. The van der Waals surface area contributed by atoms with Crippen LogP contribution in [0.3, 0.4) is 0 Å². The number of carbonyl (C=O) groups is 2. The first-order valence-corrected chi connectivity index (χ1v) is 9.09. The van der Waals surface area contributed by atoms with Crippen LogP contribution >= 0.6 is 11.3 Å². The normalized spacial score (nSPS) is 15.5. The molecule has 0 radical (unpaired) electrons. The zero-order valence-electron chi connectivity index (χ0n) is 13.7. The highest BCUT2D eigenvalue weighted by atomic mass is 32.1. The van der Waals surface area contributed by atoms with Gasteiger partial charge in [0.15, 0.2) is 6.54 Å². The maximum atomic E-state index is 12.2. The van der Waals surface area contributed by atoms with Crippen molar-refractivity contribution < 1.29 is 14.5 Å². The highest BCUT2D eigenvalue weighted by Crippen LogP contribution is 2.22. The summed E-state index contributed by atoms with van der Waals surface area (Å²) in [5.41, 5.74) is 2.92. The van der Waals surface area contributed by atoms with Gasteiger partial charge in [-0.25, -0.2) is 0 Å². The molecule has 0 saturated carbocycles. The van der Waals surface area contributed by atoms with Crippen molar-refractivity contribution in [2.24, 2.45) is 0 Å². The van der Waals surface area contributed by atoms with Crippen LogP contribution in [-0.2, 0) is 16.1 Å². The summed E-state index contributed by atoms with van der Waals surface area (Å²) in [5, 5.41) is 7.08. The van der Waals surface area contributed by atoms with Crippen LogP contribution in [0, 0.1) is 0 Å². The van der Waals surface area contributed by atoms with Crippen LogP contribution in [0.4, 0.5) is 11.4 Å². The van der Waals surface area contributed by atoms with E-state index in [0.29, 0.717) is 13.0 Å². The number of benzene rings is 1. The van der Waals surface area contributed by atoms with Gasteiger partial charge in [-0.2, -0.15) is 11.3 Å². The molecule has 1 atom stereocenters. The standard InChI is InChI=1S/C18H21N3O2S/c1-20(11-14-8-10-24-13-14)12-17(22)19-15-4-6-16(7-5-15)21-9-2-3-18(21)23/h4-8,10,13H,2-3,9,11-12H2,1H3,(H,19,22)/p+1. The van der Waals surface area contributed by atoms with Crippen LogP contribution in [0.1, 0.15) is 18.4 Å². The lowest BCUT2D eigenvalue weighted by Crippen LogP contribution is -3.08. The number of thiophene rings is 1. The second-order valence-corrected chi connectivity index (χ2v) is 6.97. The van der Waals surface area contributed by atoms with E-state index < -0.39 is 0 Å². The third-order valence-corrected chi connectivity index (χ3v) is 4.82. The second kappa shape index (κ2) is 7.59. The smallest absolute Gasteiger partial charge is 0.279 e. The molecule has 5 nitrogen and oxygen atoms in total. The molecule has 0 spiro atoms. The van der Waals surface area contributed by atoms with E-state index in [2.05, 4.69) is 22.1 Å². The number of nitrogens with one attached hydrogen (secondary N) is 2. The Morgan fingerprint density at radius 3 is 2.71 bits per heavy atom. The molecule has 2 heterocycles. The van der Waals surface area contributed by atoms with Gasteiger partial charge in [0, 0.05) is 29.9 Å². The Kier molecular flexibility index (Phi) is 5.27. The summed E-state index contributed by atoms with van der Waals surface area (Å²) >= 11 is 1.67. The molecule has 1 saturated heterocycles. The van der Waals surface area contributed by atoms with E-state index in [0.717, 1.165) is 35.8 Å². The molecule has 2 N–H and O–H groups in total. The van der Waals surface area contributed by atoms with E-state index in [9.17, 15) is 9.59 Å². The van der Waals surface area contributed by atoms with Crippen molar-refractivity contribution >= 4 is 34.5 Å². The number of hydrogen-bond acceptors (Lipinski definition) is 3. The minimum atomic E-state index is -0.00673. The van der Waals surface area contributed by atoms with Gasteiger partial charge in [0.1, 0.15) is 6.54 Å². The van der Waals surface area contributed by atoms with Crippen molar-refractivity contribution in [3.8, 4) is 0 Å². The van der Waals surface area contributed by atoms with E-state index in [1.165, 1.54) is 5.56 Å². The number of carbonyl (C=O) groups excluding carboxylic acids is 2. The molecule has 1 unspecified atom stereocenters.